The lowest BCUT2D eigenvalue weighted by molar-refractivity contribution is -0.119. The van der Waals surface area contributed by atoms with E-state index in [1.807, 2.05) is 38.1 Å². The summed E-state index contributed by atoms with van der Waals surface area (Å²) < 4.78 is 1.26. The smallest absolute Gasteiger partial charge is 0.267 e. The summed E-state index contributed by atoms with van der Waals surface area (Å²) in [5, 5.41) is 7.52. The summed E-state index contributed by atoms with van der Waals surface area (Å²) in [7, 11) is 0. The summed E-state index contributed by atoms with van der Waals surface area (Å²) in [5.74, 6) is -0.134. The highest BCUT2D eigenvalue weighted by Crippen LogP contribution is 2.33. The van der Waals surface area contributed by atoms with E-state index in [2.05, 4.69) is 21.5 Å². The molecule has 0 atom stereocenters. The fourth-order valence-electron chi connectivity index (χ4n) is 3.80. The first-order valence-electron chi connectivity index (χ1n) is 9.99. The van der Waals surface area contributed by atoms with Crippen LogP contribution < -0.4 is 10.5 Å². The Morgan fingerprint density at radius 2 is 1.97 bits per heavy atom. The van der Waals surface area contributed by atoms with Crippen molar-refractivity contribution in [3.63, 3.8) is 0 Å². The quantitative estimate of drug-likeness (QED) is 0.467. The third-order valence-electron chi connectivity index (χ3n) is 5.34. The summed E-state index contributed by atoms with van der Waals surface area (Å²) in [6, 6.07) is 13.3. The molecule has 0 radical (unpaired) electrons. The number of benzene rings is 1. The number of nitrogens with zero attached hydrogens (tertiary/aromatic N) is 4. The van der Waals surface area contributed by atoms with Gasteiger partial charge in [0.05, 0.1) is 15.6 Å². The molecule has 0 spiro atoms. The molecule has 3 aromatic heterocycles. The number of aromatic nitrogens is 3. The van der Waals surface area contributed by atoms with Crippen molar-refractivity contribution in [1.29, 1.82) is 0 Å². The summed E-state index contributed by atoms with van der Waals surface area (Å²) in [4.78, 5) is 33.9. The van der Waals surface area contributed by atoms with E-state index in [0.29, 0.717) is 12.2 Å². The van der Waals surface area contributed by atoms with Gasteiger partial charge in [0.25, 0.3) is 5.56 Å². The molecule has 1 aromatic carbocycles. The first-order valence-corrected chi connectivity index (χ1v) is 11.7. The average Bonchev–Trinajstić information content (AvgIpc) is 3.48. The number of anilines is 1. The summed E-state index contributed by atoms with van der Waals surface area (Å²) in [6.07, 6.45) is 0.787. The monoisotopic (exact) mass is 448 g/mol. The van der Waals surface area contributed by atoms with Crippen LogP contribution in [0, 0.1) is 13.8 Å². The third kappa shape index (κ3) is 3.84. The molecule has 4 aromatic rings. The van der Waals surface area contributed by atoms with Crippen molar-refractivity contribution in [1.82, 2.24) is 14.8 Å². The number of aryl methyl sites for hydroxylation is 2. The van der Waals surface area contributed by atoms with Crippen molar-refractivity contribution >= 4 is 34.3 Å². The predicted octanol–water partition coefficient (Wildman–Crippen LogP) is 4.30. The number of carbonyl (C=O) groups is 1. The van der Waals surface area contributed by atoms with Crippen molar-refractivity contribution < 1.29 is 4.79 Å². The maximum atomic E-state index is 13.1. The summed E-state index contributed by atoms with van der Waals surface area (Å²) >= 11 is 3.24. The van der Waals surface area contributed by atoms with Crippen molar-refractivity contribution in [2.24, 2.45) is 0 Å². The molecule has 0 unspecified atom stereocenters. The molecule has 156 valence electrons. The topological polar surface area (TPSA) is 68.1 Å². The van der Waals surface area contributed by atoms with Crippen LogP contribution in [0.25, 0.3) is 21.8 Å². The van der Waals surface area contributed by atoms with Crippen LogP contribution in [0.1, 0.15) is 15.4 Å². The number of amides is 1. The molecule has 1 aliphatic rings. The van der Waals surface area contributed by atoms with E-state index >= 15 is 0 Å². The van der Waals surface area contributed by atoms with Gasteiger partial charge in [0, 0.05) is 34.1 Å². The maximum absolute atomic E-state index is 13.1. The van der Waals surface area contributed by atoms with Crippen LogP contribution in [0.5, 0.6) is 0 Å². The minimum atomic E-state index is -0.279. The van der Waals surface area contributed by atoms with E-state index in [9.17, 15) is 9.59 Å². The highest BCUT2D eigenvalue weighted by molar-refractivity contribution is 7.15. The standard InChI is InChI=1S/C23H20N4O2S2/c1-14-3-7-21(31-14)18-5-8-22(28)27(25-18)12-23(29)26-10-9-17-11-16(4-6-20(17)26)19-13-30-15(2)24-19/h3-8,11,13H,9-10,12H2,1-2H3. The van der Waals surface area contributed by atoms with Crippen LogP contribution in [-0.4, -0.2) is 27.2 Å². The van der Waals surface area contributed by atoms with Gasteiger partial charge in [-0.1, -0.05) is 6.07 Å². The van der Waals surface area contributed by atoms with Crippen LogP contribution in [-0.2, 0) is 17.8 Å². The van der Waals surface area contributed by atoms with E-state index < -0.39 is 0 Å². The van der Waals surface area contributed by atoms with Gasteiger partial charge in [-0.05, 0) is 56.2 Å². The lowest BCUT2D eigenvalue weighted by atomic mass is 10.1. The molecule has 5 rings (SSSR count). The van der Waals surface area contributed by atoms with Crippen molar-refractivity contribution in [3.05, 3.63) is 73.6 Å². The zero-order valence-electron chi connectivity index (χ0n) is 17.2. The molecule has 1 aliphatic heterocycles. The lowest BCUT2D eigenvalue weighted by Gasteiger charge is -2.18. The van der Waals surface area contributed by atoms with Gasteiger partial charge in [0.2, 0.25) is 5.91 Å². The zero-order chi connectivity index (χ0) is 21.5. The largest absolute Gasteiger partial charge is 0.310 e. The molecule has 0 bridgehead atoms. The minimum Gasteiger partial charge on any atom is -0.310 e. The van der Waals surface area contributed by atoms with Crippen LogP contribution in [0.2, 0.25) is 0 Å². The van der Waals surface area contributed by atoms with Gasteiger partial charge < -0.3 is 4.90 Å². The second kappa shape index (κ2) is 7.86. The molecular weight excluding hydrogens is 428 g/mol. The van der Waals surface area contributed by atoms with E-state index in [-0.39, 0.29) is 18.0 Å². The van der Waals surface area contributed by atoms with Crippen LogP contribution in [0.4, 0.5) is 5.69 Å². The number of hydrogen-bond donors (Lipinski definition) is 0. The molecular formula is C23H20N4O2S2. The number of thiazole rings is 1. The minimum absolute atomic E-state index is 0.0799. The number of carbonyl (C=O) groups excluding carboxylic acids is 1. The summed E-state index contributed by atoms with van der Waals surface area (Å²) in [6.45, 7) is 4.54. The van der Waals surface area contributed by atoms with E-state index in [1.165, 1.54) is 15.6 Å². The number of rotatable bonds is 4. The molecule has 8 heteroatoms. The Morgan fingerprint density at radius 3 is 2.71 bits per heavy atom. The van der Waals surface area contributed by atoms with Gasteiger partial charge in [-0.3, -0.25) is 9.59 Å². The van der Waals surface area contributed by atoms with E-state index in [0.717, 1.165) is 38.8 Å². The van der Waals surface area contributed by atoms with Gasteiger partial charge in [-0.15, -0.1) is 22.7 Å². The second-order valence-corrected chi connectivity index (χ2v) is 9.87. The van der Waals surface area contributed by atoms with Crippen molar-refractivity contribution in [3.8, 4) is 21.8 Å². The number of fused-ring (bicyclic) bond motifs is 1. The van der Waals surface area contributed by atoms with Crippen molar-refractivity contribution in [2.75, 3.05) is 11.4 Å². The molecule has 0 saturated heterocycles. The summed E-state index contributed by atoms with van der Waals surface area (Å²) in [5.41, 5.74) is 4.48. The Morgan fingerprint density at radius 1 is 1.10 bits per heavy atom. The Kier molecular flexibility index (Phi) is 5.03. The van der Waals surface area contributed by atoms with Gasteiger partial charge in [0.15, 0.2) is 0 Å². The Labute approximate surface area is 187 Å². The van der Waals surface area contributed by atoms with Gasteiger partial charge in [-0.25, -0.2) is 9.67 Å². The van der Waals surface area contributed by atoms with Crippen LogP contribution in [0.15, 0.2) is 52.6 Å². The normalized spacial score (nSPS) is 12.9. The number of hydrogen-bond acceptors (Lipinski definition) is 6. The maximum Gasteiger partial charge on any atom is 0.267 e. The van der Waals surface area contributed by atoms with Crippen LogP contribution in [0.3, 0.4) is 0 Å². The Balaban J connectivity index is 1.38. The highest BCUT2D eigenvalue weighted by atomic mass is 32.1. The molecule has 0 N–H and O–H groups in total. The molecule has 31 heavy (non-hydrogen) atoms. The second-order valence-electron chi connectivity index (χ2n) is 7.52. The lowest BCUT2D eigenvalue weighted by Crippen LogP contribution is -2.36. The molecule has 0 fully saturated rings. The van der Waals surface area contributed by atoms with Crippen molar-refractivity contribution in [2.45, 2.75) is 26.8 Å². The molecule has 0 aliphatic carbocycles. The Bertz CT molecular complexity index is 1350. The van der Waals surface area contributed by atoms with Gasteiger partial charge in [0.1, 0.15) is 12.2 Å². The fraction of sp³-hybridized carbons (Fsp3) is 0.217. The predicted molar refractivity (Wildman–Crippen MR) is 125 cm³/mol. The first kappa shape index (κ1) is 19.8. The Hall–Kier alpha value is -3.10. The molecule has 0 saturated carbocycles. The van der Waals surface area contributed by atoms with Gasteiger partial charge >= 0.3 is 0 Å². The van der Waals surface area contributed by atoms with E-state index in [1.54, 1.807) is 33.6 Å². The molecule has 4 heterocycles. The third-order valence-corrected chi connectivity index (χ3v) is 7.13. The average molecular weight is 449 g/mol. The molecule has 1 amide bonds. The number of thiophene rings is 1. The highest BCUT2D eigenvalue weighted by Gasteiger charge is 2.26. The van der Waals surface area contributed by atoms with Gasteiger partial charge in [-0.2, -0.15) is 5.10 Å². The van der Waals surface area contributed by atoms with E-state index in [4.69, 9.17) is 0 Å². The molecule has 6 nitrogen and oxygen atoms in total. The zero-order valence-corrected chi connectivity index (χ0v) is 18.8. The SMILES string of the molecule is Cc1ccc(-c2ccc(=O)n(CC(=O)N3CCc4cc(-c5csc(C)n5)ccc43)n2)s1. The fourth-order valence-corrected chi connectivity index (χ4v) is 5.25. The van der Waals surface area contributed by atoms with Crippen LogP contribution >= 0.6 is 22.7 Å². The first-order chi connectivity index (χ1) is 15.0.